The molecule has 1 fully saturated rings. The van der Waals surface area contributed by atoms with Crippen LogP contribution in [0, 0.1) is 5.92 Å². The van der Waals surface area contributed by atoms with Crippen LogP contribution in [0.3, 0.4) is 0 Å². The highest BCUT2D eigenvalue weighted by molar-refractivity contribution is 5.48. The van der Waals surface area contributed by atoms with Crippen molar-refractivity contribution < 1.29 is 13.5 Å². The Morgan fingerprint density at radius 1 is 1.26 bits per heavy atom. The molecule has 1 aliphatic carbocycles. The Morgan fingerprint density at radius 2 is 2.00 bits per heavy atom. The van der Waals surface area contributed by atoms with Crippen LogP contribution in [0.5, 0.6) is 5.75 Å². The minimum atomic E-state index is -2.77. The van der Waals surface area contributed by atoms with E-state index in [2.05, 4.69) is 17.0 Å². The Morgan fingerprint density at radius 3 is 2.63 bits per heavy atom. The summed E-state index contributed by atoms with van der Waals surface area (Å²) in [6.07, 6.45) is 6.06. The van der Waals surface area contributed by atoms with E-state index in [-0.39, 0.29) is 5.75 Å². The Bertz CT molecular complexity index is 389. The van der Waals surface area contributed by atoms with Crippen LogP contribution in [0.25, 0.3) is 0 Å². The Labute approximate surface area is 113 Å². The summed E-state index contributed by atoms with van der Waals surface area (Å²) in [6.45, 7) is -0.529. The lowest BCUT2D eigenvalue weighted by Crippen LogP contribution is -2.25. The summed E-state index contributed by atoms with van der Waals surface area (Å²) in [5.74, 6) is 1.06. The number of hydrogen-bond acceptors (Lipinski definition) is 2. The molecule has 0 bridgehead atoms. The SMILES string of the molecule is CCC1CCC(Nc2cccc(OC(F)F)c2)CC1. The van der Waals surface area contributed by atoms with Gasteiger partial charge in [0.25, 0.3) is 0 Å². The first kappa shape index (κ1) is 14.1. The first-order valence-electron chi connectivity index (χ1n) is 6.98. The highest BCUT2D eigenvalue weighted by Crippen LogP contribution is 2.29. The van der Waals surface area contributed by atoms with E-state index in [0.717, 1.165) is 24.4 Å². The average Bonchev–Trinajstić information content (AvgIpc) is 2.39. The van der Waals surface area contributed by atoms with Gasteiger partial charge in [-0.05, 0) is 43.7 Å². The van der Waals surface area contributed by atoms with Gasteiger partial charge in [0.2, 0.25) is 0 Å². The molecule has 0 aliphatic heterocycles. The van der Waals surface area contributed by atoms with Crippen molar-refractivity contribution >= 4 is 5.69 Å². The first-order chi connectivity index (χ1) is 9.17. The highest BCUT2D eigenvalue weighted by atomic mass is 19.3. The van der Waals surface area contributed by atoms with Gasteiger partial charge in [0.15, 0.2) is 0 Å². The minimum absolute atomic E-state index is 0.210. The molecule has 2 nitrogen and oxygen atoms in total. The maximum absolute atomic E-state index is 12.2. The number of hydrogen-bond donors (Lipinski definition) is 1. The van der Waals surface area contributed by atoms with Gasteiger partial charge in [-0.3, -0.25) is 0 Å². The van der Waals surface area contributed by atoms with Crippen LogP contribution in [0.4, 0.5) is 14.5 Å². The first-order valence-corrected chi connectivity index (χ1v) is 6.98. The van der Waals surface area contributed by atoms with Gasteiger partial charge in [-0.1, -0.05) is 19.4 Å². The molecule has 19 heavy (non-hydrogen) atoms. The van der Waals surface area contributed by atoms with Gasteiger partial charge in [0, 0.05) is 17.8 Å². The molecule has 1 N–H and O–H groups in total. The molecule has 0 heterocycles. The van der Waals surface area contributed by atoms with Crippen LogP contribution >= 0.6 is 0 Å². The average molecular weight is 269 g/mol. The molecule has 106 valence electrons. The minimum Gasteiger partial charge on any atom is -0.435 e. The van der Waals surface area contributed by atoms with Crippen molar-refractivity contribution in [3.05, 3.63) is 24.3 Å². The molecule has 0 unspecified atom stereocenters. The Balaban J connectivity index is 1.89. The molecule has 0 aromatic heterocycles. The zero-order valence-corrected chi connectivity index (χ0v) is 11.2. The van der Waals surface area contributed by atoms with Crippen molar-refractivity contribution in [3.63, 3.8) is 0 Å². The van der Waals surface area contributed by atoms with E-state index in [1.807, 2.05) is 6.07 Å². The van der Waals surface area contributed by atoms with Crippen molar-refractivity contribution in [2.45, 2.75) is 51.7 Å². The summed E-state index contributed by atoms with van der Waals surface area (Å²) in [6, 6.07) is 7.26. The molecule has 4 heteroatoms. The van der Waals surface area contributed by atoms with Crippen molar-refractivity contribution in [1.29, 1.82) is 0 Å². The second-order valence-electron chi connectivity index (χ2n) is 5.18. The van der Waals surface area contributed by atoms with Crippen molar-refractivity contribution in [2.24, 2.45) is 5.92 Å². The summed E-state index contributed by atoms with van der Waals surface area (Å²) in [5.41, 5.74) is 0.859. The van der Waals surface area contributed by atoms with Crippen LogP contribution in [-0.4, -0.2) is 12.7 Å². The van der Waals surface area contributed by atoms with Crippen molar-refractivity contribution in [2.75, 3.05) is 5.32 Å². The number of alkyl halides is 2. The smallest absolute Gasteiger partial charge is 0.387 e. The van der Waals surface area contributed by atoms with Gasteiger partial charge in [0.05, 0.1) is 0 Å². The molecule has 0 saturated heterocycles. The monoisotopic (exact) mass is 269 g/mol. The van der Waals surface area contributed by atoms with Gasteiger partial charge in [-0.25, -0.2) is 0 Å². The second-order valence-corrected chi connectivity index (χ2v) is 5.18. The molecule has 0 spiro atoms. The zero-order chi connectivity index (χ0) is 13.7. The Hall–Kier alpha value is -1.32. The van der Waals surface area contributed by atoms with Gasteiger partial charge in [-0.15, -0.1) is 0 Å². The molecule has 0 radical (unpaired) electrons. The third kappa shape index (κ3) is 4.37. The predicted molar refractivity (Wildman–Crippen MR) is 72.7 cm³/mol. The fourth-order valence-corrected chi connectivity index (χ4v) is 2.71. The largest absolute Gasteiger partial charge is 0.435 e. The van der Waals surface area contributed by atoms with Crippen molar-refractivity contribution in [1.82, 2.24) is 0 Å². The lowest BCUT2D eigenvalue weighted by atomic mass is 9.84. The van der Waals surface area contributed by atoms with E-state index in [1.54, 1.807) is 18.2 Å². The number of anilines is 1. The van der Waals surface area contributed by atoms with Crippen LogP contribution < -0.4 is 10.1 Å². The molecular formula is C15H21F2NO. The lowest BCUT2D eigenvalue weighted by molar-refractivity contribution is -0.0498. The van der Waals surface area contributed by atoms with E-state index in [0.29, 0.717) is 6.04 Å². The van der Waals surface area contributed by atoms with Crippen molar-refractivity contribution in [3.8, 4) is 5.75 Å². The number of rotatable bonds is 5. The van der Waals surface area contributed by atoms with E-state index < -0.39 is 6.61 Å². The van der Waals surface area contributed by atoms with Gasteiger partial charge in [-0.2, -0.15) is 8.78 Å². The molecule has 1 aliphatic rings. The third-order valence-electron chi connectivity index (χ3n) is 3.85. The van der Waals surface area contributed by atoms with E-state index in [9.17, 15) is 8.78 Å². The predicted octanol–water partition coefficient (Wildman–Crippen LogP) is 4.67. The highest BCUT2D eigenvalue weighted by Gasteiger charge is 2.19. The lowest BCUT2D eigenvalue weighted by Gasteiger charge is -2.29. The summed E-state index contributed by atoms with van der Waals surface area (Å²) < 4.78 is 28.7. The number of benzene rings is 1. The molecular weight excluding hydrogens is 248 g/mol. The van der Waals surface area contributed by atoms with E-state index in [4.69, 9.17) is 0 Å². The van der Waals surface area contributed by atoms with Crippen LogP contribution in [-0.2, 0) is 0 Å². The molecule has 2 rings (SSSR count). The van der Waals surface area contributed by atoms with Crippen LogP contribution in [0.2, 0.25) is 0 Å². The van der Waals surface area contributed by atoms with E-state index in [1.165, 1.54) is 19.3 Å². The summed E-state index contributed by atoms with van der Waals surface area (Å²) >= 11 is 0. The fraction of sp³-hybridized carbons (Fsp3) is 0.600. The summed E-state index contributed by atoms with van der Waals surface area (Å²) in [7, 11) is 0. The fourth-order valence-electron chi connectivity index (χ4n) is 2.71. The number of nitrogens with one attached hydrogen (secondary N) is 1. The van der Waals surface area contributed by atoms with Gasteiger partial charge >= 0.3 is 6.61 Å². The number of halogens is 2. The molecule has 1 saturated carbocycles. The molecule has 0 amide bonds. The van der Waals surface area contributed by atoms with Crippen LogP contribution in [0.1, 0.15) is 39.0 Å². The molecule has 1 aromatic carbocycles. The molecule has 1 aromatic rings. The third-order valence-corrected chi connectivity index (χ3v) is 3.85. The van der Waals surface area contributed by atoms with Gasteiger partial charge in [0.1, 0.15) is 5.75 Å². The van der Waals surface area contributed by atoms with E-state index >= 15 is 0 Å². The standard InChI is InChI=1S/C15H21F2NO/c1-2-11-6-8-12(9-7-11)18-13-4-3-5-14(10-13)19-15(16)17/h3-5,10-12,15,18H,2,6-9H2,1H3. The molecule has 0 atom stereocenters. The maximum atomic E-state index is 12.2. The summed E-state index contributed by atoms with van der Waals surface area (Å²) in [4.78, 5) is 0. The summed E-state index contributed by atoms with van der Waals surface area (Å²) in [5, 5.41) is 3.41. The normalized spacial score (nSPS) is 23.4. The topological polar surface area (TPSA) is 21.3 Å². The Kier molecular flexibility index (Phi) is 5.00. The van der Waals surface area contributed by atoms with Crippen LogP contribution in [0.15, 0.2) is 24.3 Å². The van der Waals surface area contributed by atoms with Gasteiger partial charge < -0.3 is 10.1 Å². The second kappa shape index (κ2) is 6.73. The maximum Gasteiger partial charge on any atom is 0.387 e. The zero-order valence-electron chi connectivity index (χ0n) is 11.2. The quantitative estimate of drug-likeness (QED) is 0.838. The number of ether oxygens (including phenoxy) is 1.